The quantitative estimate of drug-likeness (QED) is 0.471. The molecular formula is C10H21NO. The van der Waals surface area contributed by atoms with Crippen molar-refractivity contribution < 1.29 is 4.74 Å². The molecule has 2 nitrogen and oxygen atoms in total. The standard InChI is InChI=1S/C8H15NO.C2H6/c1-5-6-9-8(10-4)7(2)3;1-2/h6H,5H2,1-4H3;1-2H3/b9-6-;. The lowest BCUT2D eigenvalue weighted by Crippen LogP contribution is -1.85. The summed E-state index contributed by atoms with van der Waals surface area (Å²) in [6.45, 7) is 10.00. The Balaban J connectivity index is 0. The molecule has 0 atom stereocenters. The molecule has 0 aromatic heterocycles. The van der Waals surface area contributed by atoms with Crippen molar-refractivity contribution in [3.63, 3.8) is 0 Å². The third kappa shape index (κ3) is 7.32. The van der Waals surface area contributed by atoms with E-state index in [2.05, 4.69) is 4.99 Å². The van der Waals surface area contributed by atoms with Crippen LogP contribution in [0.1, 0.15) is 41.0 Å². The summed E-state index contributed by atoms with van der Waals surface area (Å²) in [6, 6.07) is 0. The molecule has 0 aliphatic carbocycles. The highest BCUT2D eigenvalue weighted by Gasteiger charge is 1.91. The van der Waals surface area contributed by atoms with Gasteiger partial charge in [-0.3, -0.25) is 0 Å². The fourth-order valence-electron chi connectivity index (χ4n) is 0.560. The van der Waals surface area contributed by atoms with Crippen molar-refractivity contribution in [2.75, 3.05) is 7.11 Å². The molecule has 0 spiro atoms. The Morgan fingerprint density at radius 1 is 1.33 bits per heavy atom. The molecule has 72 valence electrons. The summed E-state index contributed by atoms with van der Waals surface area (Å²) < 4.78 is 5.00. The second-order valence-electron chi connectivity index (χ2n) is 2.23. The second kappa shape index (κ2) is 10.2. The molecule has 0 radical (unpaired) electrons. The lowest BCUT2D eigenvalue weighted by molar-refractivity contribution is 0.284. The summed E-state index contributed by atoms with van der Waals surface area (Å²) in [5, 5.41) is 0. The Morgan fingerprint density at radius 3 is 2.08 bits per heavy atom. The first kappa shape index (κ1) is 13.8. The first-order valence-electron chi connectivity index (χ1n) is 4.46. The van der Waals surface area contributed by atoms with Crippen molar-refractivity contribution in [2.45, 2.75) is 41.0 Å². The van der Waals surface area contributed by atoms with E-state index in [0.29, 0.717) is 0 Å². The molecule has 0 unspecified atom stereocenters. The molecule has 0 rings (SSSR count). The Kier molecular flexibility index (Phi) is 11.7. The molecule has 0 bridgehead atoms. The summed E-state index contributed by atoms with van der Waals surface area (Å²) in [7, 11) is 1.63. The van der Waals surface area contributed by atoms with E-state index < -0.39 is 0 Å². The first-order chi connectivity index (χ1) is 5.72. The molecule has 12 heavy (non-hydrogen) atoms. The molecule has 0 aliphatic heterocycles. The normalized spacial score (nSPS) is 8.83. The smallest absolute Gasteiger partial charge is 0.211 e. The molecule has 0 aliphatic rings. The summed E-state index contributed by atoms with van der Waals surface area (Å²) in [5.41, 5.74) is 1.10. The maximum Gasteiger partial charge on any atom is 0.211 e. The van der Waals surface area contributed by atoms with Crippen molar-refractivity contribution in [3.05, 3.63) is 11.5 Å². The van der Waals surface area contributed by atoms with Crippen molar-refractivity contribution in [1.82, 2.24) is 0 Å². The average molecular weight is 171 g/mol. The highest BCUT2D eigenvalue weighted by molar-refractivity contribution is 5.58. The van der Waals surface area contributed by atoms with E-state index in [1.54, 1.807) is 7.11 Å². The van der Waals surface area contributed by atoms with Gasteiger partial charge >= 0.3 is 0 Å². The van der Waals surface area contributed by atoms with Crippen molar-refractivity contribution in [2.24, 2.45) is 4.99 Å². The van der Waals surface area contributed by atoms with Crippen molar-refractivity contribution >= 4 is 6.21 Å². The summed E-state index contributed by atoms with van der Waals surface area (Å²) in [5.74, 6) is 0.724. The Labute approximate surface area is 76.3 Å². The van der Waals surface area contributed by atoms with E-state index in [1.807, 2.05) is 40.8 Å². The molecule has 0 saturated heterocycles. The van der Waals surface area contributed by atoms with Crippen molar-refractivity contribution in [1.29, 1.82) is 0 Å². The number of allylic oxidation sites excluding steroid dienone is 1. The number of aliphatic imine (C=N–C) groups is 1. The van der Waals surface area contributed by atoms with Crippen LogP contribution in [0.4, 0.5) is 0 Å². The van der Waals surface area contributed by atoms with Crippen LogP contribution < -0.4 is 0 Å². The van der Waals surface area contributed by atoms with E-state index in [0.717, 1.165) is 17.9 Å². The summed E-state index contributed by atoms with van der Waals surface area (Å²) in [4.78, 5) is 4.09. The maximum atomic E-state index is 5.00. The molecule has 0 fully saturated rings. The molecule has 0 heterocycles. The summed E-state index contributed by atoms with van der Waals surface area (Å²) in [6.07, 6.45) is 2.78. The van der Waals surface area contributed by atoms with Gasteiger partial charge in [-0.25, -0.2) is 4.99 Å². The molecule has 0 aromatic carbocycles. The first-order valence-corrected chi connectivity index (χ1v) is 4.46. The third-order valence-corrected chi connectivity index (χ3v) is 1.01. The number of ether oxygens (including phenoxy) is 1. The van der Waals surface area contributed by atoms with Crippen LogP contribution in [0.15, 0.2) is 16.4 Å². The highest BCUT2D eigenvalue weighted by atomic mass is 16.5. The van der Waals surface area contributed by atoms with Gasteiger partial charge in [0.25, 0.3) is 0 Å². The highest BCUT2D eigenvalue weighted by Crippen LogP contribution is 2.03. The van der Waals surface area contributed by atoms with Gasteiger partial charge in [0.1, 0.15) is 0 Å². The van der Waals surface area contributed by atoms with Crippen LogP contribution in [0.25, 0.3) is 0 Å². The van der Waals surface area contributed by atoms with Crippen LogP contribution in [0.2, 0.25) is 0 Å². The number of hydrogen-bond acceptors (Lipinski definition) is 2. The lowest BCUT2D eigenvalue weighted by Gasteiger charge is -2.00. The van der Waals surface area contributed by atoms with Gasteiger partial charge in [-0.2, -0.15) is 0 Å². The second-order valence-corrected chi connectivity index (χ2v) is 2.23. The van der Waals surface area contributed by atoms with Crippen LogP contribution in [-0.2, 0) is 4.74 Å². The Morgan fingerprint density at radius 2 is 1.83 bits per heavy atom. The molecule has 0 amide bonds. The number of hydrogen-bond donors (Lipinski definition) is 0. The fraction of sp³-hybridized carbons (Fsp3) is 0.700. The van der Waals surface area contributed by atoms with Crippen LogP contribution in [0, 0.1) is 0 Å². The van der Waals surface area contributed by atoms with Gasteiger partial charge in [0.15, 0.2) is 0 Å². The van der Waals surface area contributed by atoms with E-state index in [1.165, 1.54) is 0 Å². The monoisotopic (exact) mass is 171 g/mol. The molecule has 0 saturated carbocycles. The molecule has 0 aromatic rings. The number of methoxy groups -OCH3 is 1. The van der Waals surface area contributed by atoms with E-state index in [-0.39, 0.29) is 0 Å². The predicted molar refractivity (Wildman–Crippen MR) is 55.5 cm³/mol. The minimum absolute atomic E-state index is 0.724. The van der Waals surface area contributed by atoms with Gasteiger partial charge in [0.05, 0.1) is 7.11 Å². The molecule has 0 N–H and O–H groups in total. The Bertz CT molecular complexity index is 144. The number of rotatable bonds is 3. The SMILES string of the molecule is CC.CC/C=N\C(OC)=C(C)C. The van der Waals surface area contributed by atoms with Gasteiger partial charge in [-0.1, -0.05) is 20.8 Å². The largest absolute Gasteiger partial charge is 0.481 e. The molecule has 2 heteroatoms. The lowest BCUT2D eigenvalue weighted by atomic mass is 10.4. The van der Waals surface area contributed by atoms with Gasteiger partial charge in [0, 0.05) is 6.21 Å². The van der Waals surface area contributed by atoms with Gasteiger partial charge in [-0.05, 0) is 25.8 Å². The number of nitrogens with zero attached hydrogens (tertiary/aromatic N) is 1. The zero-order valence-electron chi connectivity index (χ0n) is 9.14. The zero-order chi connectivity index (χ0) is 9.98. The van der Waals surface area contributed by atoms with E-state index in [9.17, 15) is 0 Å². The molecular weight excluding hydrogens is 150 g/mol. The Hall–Kier alpha value is -0.790. The van der Waals surface area contributed by atoms with Crippen molar-refractivity contribution in [3.8, 4) is 0 Å². The fourth-order valence-corrected chi connectivity index (χ4v) is 0.560. The van der Waals surface area contributed by atoms with E-state index >= 15 is 0 Å². The summed E-state index contributed by atoms with van der Waals surface area (Å²) >= 11 is 0. The van der Waals surface area contributed by atoms with Crippen LogP contribution in [0.3, 0.4) is 0 Å². The zero-order valence-corrected chi connectivity index (χ0v) is 9.14. The van der Waals surface area contributed by atoms with Gasteiger partial charge in [-0.15, -0.1) is 0 Å². The van der Waals surface area contributed by atoms with Crippen LogP contribution in [-0.4, -0.2) is 13.3 Å². The van der Waals surface area contributed by atoms with Crippen LogP contribution >= 0.6 is 0 Å². The third-order valence-electron chi connectivity index (χ3n) is 1.01. The maximum absolute atomic E-state index is 5.00. The topological polar surface area (TPSA) is 21.6 Å². The minimum atomic E-state index is 0.724. The average Bonchev–Trinajstić information content (AvgIpc) is 2.09. The minimum Gasteiger partial charge on any atom is -0.481 e. The van der Waals surface area contributed by atoms with Crippen LogP contribution in [0.5, 0.6) is 0 Å². The van der Waals surface area contributed by atoms with Gasteiger partial charge < -0.3 is 4.74 Å². The predicted octanol–water partition coefficient (Wildman–Crippen LogP) is 3.39. The van der Waals surface area contributed by atoms with Gasteiger partial charge in [0.2, 0.25) is 5.88 Å². The van der Waals surface area contributed by atoms with E-state index in [4.69, 9.17) is 4.74 Å².